The lowest BCUT2D eigenvalue weighted by atomic mass is 10.0. The summed E-state index contributed by atoms with van der Waals surface area (Å²) in [6.07, 6.45) is 3.69. The molecule has 0 fully saturated rings. The van der Waals surface area contributed by atoms with Crippen LogP contribution in [0.15, 0.2) is 48.8 Å². The van der Waals surface area contributed by atoms with Crippen molar-refractivity contribution in [1.82, 2.24) is 9.97 Å². The van der Waals surface area contributed by atoms with Crippen molar-refractivity contribution in [2.24, 2.45) is 0 Å². The average molecular weight is 393 g/mol. The monoisotopic (exact) mass is 392 g/mol. The molecule has 2 rings (SSSR count). The van der Waals surface area contributed by atoms with E-state index >= 15 is 0 Å². The van der Waals surface area contributed by atoms with Crippen LogP contribution in [0.4, 0.5) is 0 Å². The van der Waals surface area contributed by atoms with Gasteiger partial charge in [-0.3, -0.25) is 9.97 Å². The van der Waals surface area contributed by atoms with E-state index in [-0.39, 0.29) is 5.92 Å². The summed E-state index contributed by atoms with van der Waals surface area (Å²) in [7, 11) is 0. The molecular formula is C20H28N2O2S2. The molecule has 2 aromatic heterocycles. The highest BCUT2D eigenvalue weighted by molar-refractivity contribution is 7.99. The van der Waals surface area contributed by atoms with Gasteiger partial charge in [0.25, 0.3) is 0 Å². The van der Waals surface area contributed by atoms with Gasteiger partial charge in [-0.2, -0.15) is 23.5 Å². The predicted octanol–water partition coefficient (Wildman–Crippen LogP) is 4.13. The number of ether oxygens (including phenoxy) is 2. The molecular weight excluding hydrogens is 364 g/mol. The third kappa shape index (κ3) is 8.54. The van der Waals surface area contributed by atoms with Gasteiger partial charge < -0.3 is 9.47 Å². The Labute approximate surface area is 165 Å². The van der Waals surface area contributed by atoms with Crippen LogP contribution in [0.25, 0.3) is 0 Å². The van der Waals surface area contributed by atoms with Gasteiger partial charge in [-0.1, -0.05) is 19.1 Å². The topological polar surface area (TPSA) is 44.2 Å². The van der Waals surface area contributed by atoms with Crippen LogP contribution in [0.2, 0.25) is 0 Å². The first-order valence-electron chi connectivity index (χ1n) is 9.04. The lowest BCUT2D eigenvalue weighted by Crippen LogP contribution is -2.11. The Morgan fingerprint density at radius 2 is 1.38 bits per heavy atom. The van der Waals surface area contributed by atoms with E-state index in [2.05, 4.69) is 29.0 Å². The minimum Gasteiger partial charge on any atom is -0.378 e. The lowest BCUT2D eigenvalue weighted by Gasteiger charge is -2.15. The molecule has 2 heterocycles. The van der Waals surface area contributed by atoms with Crippen LogP contribution in [-0.4, -0.2) is 59.4 Å². The minimum atomic E-state index is 0.210. The quantitative estimate of drug-likeness (QED) is 0.451. The summed E-state index contributed by atoms with van der Waals surface area (Å²) in [5, 5.41) is 0. The van der Waals surface area contributed by atoms with Gasteiger partial charge in [0.15, 0.2) is 0 Å². The highest BCUT2D eigenvalue weighted by atomic mass is 32.2. The zero-order valence-corrected chi connectivity index (χ0v) is 17.0. The molecule has 2 aromatic rings. The van der Waals surface area contributed by atoms with Crippen molar-refractivity contribution in [3.63, 3.8) is 0 Å². The minimum absolute atomic E-state index is 0.210. The van der Waals surface area contributed by atoms with Crippen LogP contribution >= 0.6 is 23.5 Å². The molecule has 0 aliphatic carbocycles. The fraction of sp³-hybridized carbons (Fsp3) is 0.500. The molecule has 0 aromatic carbocycles. The molecule has 0 atom stereocenters. The van der Waals surface area contributed by atoms with Crippen LogP contribution in [0.3, 0.4) is 0 Å². The summed E-state index contributed by atoms with van der Waals surface area (Å²) < 4.78 is 11.2. The first-order chi connectivity index (χ1) is 12.9. The van der Waals surface area contributed by atoms with Gasteiger partial charge in [0.2, 0.25) is 0 Å². The van der Waals surface area contributed by atoms with Crippen molar-refractivity contribution >= 4 is 23.5 Å². The van der Waals surface area contributed by atoms with Crippen LogP contribution in [-0.2, 0) is 9.47 Å². The second-order valence-corrected chi connectivity index (χ2v) is 8.10. The van der Waals surface area contributed by atoms with Crippen molar-refractivity contribution < 1.29 is 9.47 Å². The van der Waals surface area contributed by atoms with Crippen LogP contribution in [0.1, 0.15) is 24.2 Å². The molecule has 0 spiro atoms. The van der Waals surface area contributed by atoms with E-state index in [0.29, 0.717) is 13.2 Å². The maximum atomic E-state index is 5.65. The van der Waals surface area contributed by atoms with Crippen molar-refractivity contribution in [3.05, 3.63) is 60.2 Å². The zero-order chi connectivity index (χ0) is 18.3. The number of hydrogen-bond acceptors (Lipinski definition) is 6. The Morgan fingerprint density at radius 1 is 0.808 bits per heavy atom. The first-order valence-corrected chi connectivity index (χ1v) is 11.4. The Hall–Kier alpha value is -1.08. The summed E-state index contributed by atoms with van der Waals surface area (Å²) in [4.78, 5) is 9.05. The number of nitrogens with zero attached hydrogens (tertiary/aromatic N) is 2. The molecule has 0 N–H and O–H groups in total. The molecule has 0 unspecified atom stereocenters. The normalized spacial score (nSPS) is 11.2. The number of rotatable bonds is 14. The van der Waals surface area contributed by atoms with Gasteiger partial charge in [-0.25, -0.2) is 0 Å². The predicted molar refractivity (Wildman–Crippen MR) is 112 cm³/mol. The molecule has 0 aliphatic heterocycles. The summed E-state index contributed by atoms with van der Waals surface area (Å²) in [6.45, 7) is 5.07. The van der Waals surface area contributed by atoms with Crippen molar-refractivity contribution in [1.29, 1.82) is 0 Å². The van der Waals surface area contributed by atoms with Crippen molar-refractivity contribution in [2.45, 2.75) is 12.8 Å². The highest BCUT2D eigenvalue weighted by Crippen LogP contribution is 2.25. The Kier molecular flexibility index (Phi) is 11.5. The Bertz CT molecular complexity index is 533. The zero-order valence-electron chi connectivity index (χ0n) is 15.4. The SMILES string of the molecule is CCSCCOCCOCCSCC(c1ccccn1)c1ccccn1. The van der Waals surface area contributed by atoms with Crippen LogP contribution < -0.4 is 0 Å². The standard InChI is InChI=1S/C20H28N2O2S2/c1-2-25-15-13-23-11-12-24-14-16-26-17-18(19-7-3-5-9-21-19)20-8-4-6-10-22-20/h3-10,18H,2,11-17H2,1H3. The van der Waals surface area contributed by atoms with Gasteiger partial charge >= 0.3 is 0 Å². The smallest absolute Gasteiger partial charge is 0.0700 e. The number of pyridine rings is 2. The third-order valence-corrected chi connectivity index (χ3v) is 5.58. The Balaban J connectivity index is 1.64. The molecule has 0 saturated carbocycles. The molecule has 0 radical (unpaired) electrons. The summed E-state index contributed by atoms with van der Waals surface area (Å²) in [5.74, 6) is 4.33. The molecule has 0 aliphatic rings. The molecule has 6 heteroatoms. The number of thioether (sulfide) groups is 2. The molecule has 0 amide bonds. The van der Waals surface area contributed by atoms with Crippen molar-refractivity contribution in [3.8, 4) is 0 Å². The van der Waals surface area contributed by atoms with E-state index in [9.17, 15) is 0 Å². The Morgan fingerprint density at radius 3 is 1.88 bits per heavy atom. The second-order valence-electron chi connectivity index (χ2n) is 5.56. The highest BCUT2D eigenvalue weighted by Gasteiger charge is 2.16. The van der Waals surface area contributed by atoms with Gasteiger partial charge in [0, 0.05) is 29.7 Å². The average Bonchev–Trinajstić information content (AvgIpc) is 2.70. The molecule has 4 nitrogen and oxygen atoms in total. The lowest BCUT2D eigenvalue weighted by molar-refractivity contribution is 0.0605. The molecule has 26 heavy (non-hydrogen) atoms. The van der Waals surface area contributed by atoms with E-state index in [1.54, 1.807) is 0 Å². The van der Waals surface area contributed by atoms with Gasteiger partial charge in [0.05, 0.1) is 43.7 Å². The maximum absolute atomic E-state index is 5.65. The largest absolute Gasteiger partial charge is 0.378 e. The van der Waals surface area contributed by atoms with Crippen LogP contribution in [0.5, 0.6) is 0 Å². The van der Waals surface area contributed by atoms with Crippen LogP contribution in [0, 0.1) is 0 Å². The second kappa shape index (κ2) is 14.0. The maximum Gasteiger partial charge on any atom is 0.0700 e. The summed E-state index contributed by atoms with van der Waals surface area (Å²) in [6, 6.07) is 12.1. The van der Waals surface area contributed by atoms with E-state index in [0.717, 1.165) is 47.6 Å². The van der Waals surface area contributed by atoms with E-state index < -0.39 is 0 Å². The van der Waals surface area contributed by atoms with Gasteiger partial charge in [0.1, 0.15) is 0 Å². The summed E-state index contributed by atoms with van der Waals surface area (Å²) in [5.41, 5.74) is 2.14. The number of aromatic nitrogens is 2. The van der Waals surface area contributed by atoms with E-state index in [1.807, 2.05) is 60.2 Å². The fourth-order valence-electron chi connectivity index (χ4n) is 2.39. The fourth-order valence-corrected chi connectivity index (χ4v) is 3.89. The number of hydrogen-bond donors (Lipinski definition) is 0. The first kappa shape index (κ1) is 21.2. The molecule has 0 saturated heterocycles. The molecule has 142 valence electrons. The third-order valence-electron chi connectivity index (χ3n) is 3.69. The van der Waals surface area contributed by atoms with Crippen molar-refractivity contribution in [2.75, 3.05) is 49.4 Å². The van der Waals surface area contributed by atoms with E-state index in [1.165, 1.54) is 0 Å². The summed E-state index contributed by atoms with van der Waals surface area (Å²) >= 11 is 3.78. The van der Waals surface area contributed by atoms with Gasteiger partial charge in [-0.15, -0.1) is 0 Å². The van der Waals surface area contributed by atoms with E-state index in [4.69, 9.17) is 9.47 Å². The molecule has 0 bridgehead atoms. The van der Waals surface area contributed by atoms with Gasteiger partial charge in [-0.05, 0) is 30.0 Å².